The van der Waals surface area contributed by atoms with Crippen LogP contribution in [0.5, 0.6) is 0 Å². The maximum atomic E-state index is 12.0. The summed E-state index contributed by atoms with van der Waals surface area (Å²) < 4.78 is 28.1. The average Bonchev–Trinajstić information content (AvgIpc) is 3.02. The second kappa shape index (κ2) is 5.47. The molecule has 1 saturated heterocycles. The Morgan fingerprint density at radius 1 is 1.30 bits per heavy atom. The molecule has 0 saturated carbocycles. The Balaban J connectivity index is 2.11. The molecule has 1 aliphatic rings. The molecule has 9 heteroatoms. The lowest BCUT2D eigenvalue weighted by Crippen LogP contribution is -2.25. The minimum absolute atomic E-state index is 0.302. The van der Waals surface area contributed by atoms with E-state index in [1.54, 1.807) is 31.2 Å². The van der Waals surface area contributed by atoms with E-state index < -0.39 is 26.2 Å². The minimum Gasteiger partial charge on any atom is -0.253 e. The lowest BCUT2D eigenvalue weighted by atomic mass is 10.0. The standard InChI is InChI=1S/C11H11Cl4NO3S/c1-10(8-2-4-9(12)5-3-8)6-16(10)20(17,18)19-7-11(13,14)15/h2-5H,6-7H2,1H3. The van der Waals surface area contributed by atoms with E-state index in [-0.39, 0.29) is 0 Å². The van der Waals surface area contributed by atoms with Crippen LogP contribution >= 0.6 is 46.4 Å². The van der Waals surface area contributed by atoms with Gasteiger partial charge in [-0.25, -0.2) is 0 Å². The van der Waals surface area contributed by atoms with Crippen molar-refractivity contribution in [3.63, 3.8) is 0 Å². The monoisotopic (exact) mass is 377 g/mol. The van der Waals surface area contributed by atoms with E-state index in [9.17, 15) is 8.42 Å². The summed E-state index contributed by atoms with van der Waals surface area (Å²) in [6.45, 7) is 1.55. The maximum Gasteiger partial charge on any atom is 0.339 e. The summed E-state index contributed by atoms with van der Waals surface area (Å²) in [4.78, 5) is 0. The summed E-state index contributed by atoms with van der Waals surface area (Å²) in [6.07, 6.45) is 0. The van der Waals surface area contributed by atoms with Gasteiger partial charge in [0.25, 0.3) is 0 Å². The molecular weight excluding hydrogens is 368 g/mol. The van der Waals surface area contributed by atoms with Crippen molar-refractivity contribution in [3.8, 4) is 0 Å². The first kappa shape index (κ1) is 16.6. The maximum absolute atomic E-state index is 12.0. The third-order valence-corrected chi connectivity index (χ3v) is 5.07. The van der Waals surface area contributed by atoms with Crippen LogP contribution in [-0.4, -0.2) is 29.7 Å². The summed E-state index contributed by atoms with van der Waals surface area (Å²) in [5, 5.41) is 0.583. The zero-order valence-electron chi connectivity index (χ0n) is 10.3. The van der Waals surface area contributed by atoms with E-state index in [0.717, 1.165) is 5.56 Å². The van der Waals surface area contributed by atoms with E-state index in [1.807, 2.05) is 0 Å². The molecule has 0 aromatic heterocycles. The molecule has 0 bridgehead atoms. The van der Waals surface area contributed by atoms with Crippen molar-refractivity contribution in [2.45, 2.75) is 16.3 Å². The van der Waals surface area contributed by atoms with Crippen LogP contribution in [0.15, 0.2) is 24.3 Å². The molecule has 4 nitrogen and oxygen atoms in total. The first-order valence-electron chi connectivity index (χ1n) is 5.55. The van der Waals surface area contributed by atoms with Crippen LogP contribution in [0.25, 0.3) is 0 Å². The quantitative estimate of drug-likeness (QED) is 0.595. The number of halogens is 4. The minimum atomic E-state index is -3.94. The smallest absolute Gasteiger partial charge is 0.253 e. The fourth-order valence-electron chi connectivity index (χ4n) is 1.82. The zero-order valence-corrected chi connectivity index (χ0v) is 14.2. The molecule has 1 fully saturated rings. The van der Waals surface area contributed by atoms with Gasteiger partial charge in [0.2, 0.25) is 3.79 Å². The van der Waals surface area contributed by atoms with Crippen LogP contribution < -0.4 is 0 Å². The Morgan fingerprint density at radius 2 is 1.85 bits per heavy atom. The van der Waals surface area contributed by atoms with Crippen molar-refractivity contribution in [2.24, 2.45) is 0 Å². The van der Waals surface area contributed by atoms with E-state index in [0.29, 0.717) is 11.6 Å². The number of alkyl halides is 3. The van der Waals surface area contributed by atoms with Gasteiger partial charge in [0, 0.05) is 11.6 Å². The van der Waals surface area contributed by atoms with Crippen molar-refractivity contribution < 1.29 is 12.6 Å². The van der Waals surface area contributed by atoms with Gasteiger partial charge < -0.3 is 0 Å². The van der Waals surface area contributed by atoms with Gasteiger partial charge in [-0.1, -0.05) is 58.5 Å². The molecule has 0 spiro atoms. The number of hydrogen-bond donors (Lipinski definition) is 0. The Bertz CT molecular complexity index is 599. The van der Waals surface area contributed by atoms with Crippen LogP contribution in [0.3, 0.4) is 0 Å². The summed E-state index contributed by atoms with van der Waals surface area (Å²) in [7, 11) is -3.94. The topological polar surface area (TPSA) is 46.4 Å². The first-order valence-corrected chi connectivity index (χ1v) is 8.42. The predicted octanol–water partition coefficient (Wildman–Crippen LogP) is 3.50. The van der Waals surface area contributed by atoms with E-state index in [4.69, 9.17) is 50.6 Å². The van der Waals surface area contributed by atoms with Gasteiger partial charge in [-0.05, 0) is 24.6 Å². The van der Waals surface area contributed by atoms with Crippen LogP contribution in [0.4, 0.5) is 0 Å². The normalized spacial score (nSPS) is 26.6. The Kier molecular flexibility index (Phi) is 4.54. The molecule has 112 valence electrons. The van der Waals surface area contributed by atoms with Gasteiger partial charge in [-0.2, -0.15) is 12.7 Å². The lowest BCUT2D eigenvalue weighted by Gasteiger charge is -2.15. The Labute approximate surface area is 137 Å². The highest BCUT2D eigenvalue weighted by Gasteiger charge is 2.57. The molecule has 1 aromatic carbocycles. The zero-order chi connectivity index (χ0) is 15.2. The highest BCUT2D eigenvalue weighted by molar-refractivity contribution is 7.84. The van der Waals surface area contributed by atoms with Crippen molar-refractivity contribution in [3.05, 3.63) is 34.9 Å². The lowest BCUT2D eigenvalue weighted by molar-refractivity contribution is 0.299. The van der Waals surface area contributed by atoms with E-state index >= 15 is 0 Å². The van der Waals surface area contributed by atoms with E-state index in [1.165, 1.54) is 4.31 Å². The van der Waals surface area contributed by atoms with Gasteiger partial charge in [0.05, 0.1) is 5.54 Å². The van der Waals surface area contributed by atoms with Crippen LogP contribution in [0, 0.1) is 0 Å². The Hall–Kier alpha value is 0.250. The van der Waals surface area contributed by atoms with Crippen molar-refractivity contribution in [1.29, 1.82) is 0 Å². The molecular formula is C11H11Cl4NO3S. The van der Waals surface area contributed by atoms with Crippen LogP contribution in [0.2, 0.25) is 5.02 Å². The van der Waals surface area contributed by atoms with E-state index in [2.05, 4.69) is 0 Å². The van der Waals surface area contributed by atoms with Crippen molar-refractivity contribution in [2.75, 3.05) is 13.2 Å². The number of rotatable bonds is 4. The second-order valence-corrected chi connectivity index (χ2v) is 9.11. The number of nitrogens with zero attached hydrogens (tertiary/aromatic N) is 1. The average molecular weight is 379 g/mol. The fourth-order valence-corrected chi connectivity index (χ4v) is 3.76. The molecule has 0 N–H and O–H groups in total. The molecule has 0 radical (unpaired) electrons. The summed E-state index contributed by atoms with van der Waals surface area (Å²) in [5.74, 6) is 0. The van der Waals surface area contributed by atoms with Gasteiger partial charge in [0.1, 0.15) is 6.61 Å². The first-order chi connectivity index (χ1) is 9.05. The third kappa shape index (κ3) is 3.71. The summed E-state index contributed by atoms with van der Waals surface area (Å²) in [5.41, 5.74) is 0.166. The largest absolute Gasteiger partial charge is 0.339 e. The predicted molar refractivity (Wildman–Crippen MR) is 80.7 cm³/mol. The molecule has 0 aliphatic carbocycles. The number of hydrogen-bond acceptors (Lipinski definition) is 3. The second-order valence-electron chi connectivity index (χ2n) is 4.62. The molecule has 2 rings (SSSR count). The highest BCUT2D eigenvalue weighted by atomic mass is 35.6. The fraction of sp³-hybridized carbons (Fsp3) is 0.455. The van der Waals surface area contributed by atoms with Gasteiger partial charge in [-0.15, -0.1) is 0 Å². The number of benzene rings is 1. The molecule has 1 aliphatic heterocycles. The van der Waals surface area contributed by atoms with Crippen molar-refractivity contribution >= 4 is 56.7 Å². The van der Waals surface area contributed by atoms with Crippen LogP contribution in [0.1, 0.15) is 12.5 Å². The molecule has 2 atom stereocenters. The third-order valence-electron chi connectivity index (χ3n) is 3.01. The van der Waals surface area contributed by atoms with Gasteiger partial charge >= 0.3 is 10.3 Å². The van der Waals surface area contributed by atoms with Crippen LogP contribution in [-0.2, 0) is 20.0 Å². The summed E-state index contributed by atoms with van der Waals surface area (Å²) in [6, 6.07) is 6.94. The molecule has 1 heterocycles. The highest BCUT2D eigenvalue weighted by Crippen LogP contribution is 2.45. The molecule has 2 unspecified atom stereocenters. The molecule has 0 amide bonds. The Morgan fingerprint density at radius 3 is 2.35 bits per heavy atom. The summed E-state index contributed by atoms with van der Waals surface area (Å²) >= 11 is 22.2. The molecule has 1 aromatic rings. The van der Waals surface area contributed by atoms with Gasteiger partial charge in [0.15, 0.2) is 0 Å². The van der Waals surface area contributed by atoms with Gasteiger partial charge in [-0.3, -0.25) is 4.18 Å². The SMILES string of the molecule is CC1(c2ccc(Cl)cc2)CN1S(=O)(=O)OCC(Cl)(Cl)Cl. The van der Waals surface area contributed by atoms with Crippen molar-refractivity contribution in [1.82, 2.24) is 4.31 Å². The molecule has 20 heavy (non-hydrogen) atoms.